The average Bonchev–Trinajstić information content (AvgIpc) is 3.41. The molecular formula is C17H20N6OS3. The summed E-state index contributed by atoms with van der Waals surface area (Å²) in [5.41, 5.74) is 0. The summed E-state index contributed by atoms with van der Waals surface area (Å²) in [5, 5.41) is 12.2. The Labute approximate surface area is 170 Å². The van der Waals surface area contributed by atoms with Gasteiger partial charge in [0, 0.05) is 37.8 Å². The van der Waals surface area contributed by atoms with Crippen LogP contribution in [0.5, 0.6) is 0 Å². The maximum atomic E-state index is 13.2. The number of carbonyl (C=O) groups is 1. The van der Waals surface area contributed by atoms with Gasteiger partial charge < -0.3 is 9.80 Å². The second kappa shape index (κ2) is 7.91. The van der Waals surface area contributed by atoms with E-state index in [2.05, 4.69) is 20.1 Å². The van der Waals surface area contributed by atoms with E-state index in [9.17, 15) is 4.79 Å². The van der Waals surface area contributed by atoms with E-state index in [0.29, 0.717) is 11.3 Å². The summed E-state index contributed by atoms with van der Waals surface area (Å²) in [6, 6.07) is 3.55. The molecule has 0 aromatic carbocycles. The maximum absolute atomic E-state index is 13.2. The smallest absolute Gasteiger partial charge is 0.245 e. The summed E-state index contributed by atoms with van der Waals surface area (Å²) in [7, 11) is 0. The summed E-state index contributed by atoms with van der Waals surface area (Å²) in [4.78, 5) is 22.8. The van der Waals surface area contributed by atoms with Crippen LogP contribution in [0, 0.1) is 4.77 Å². The number of amides is 1. The fourth-order valence-electron chi connectivity index (χ4n) is 3.32. The van der Waals surface area contributed by atoms with E-state index in [1.165, 1.54) is 0 Å². The van der Waals surface area contributed by atoms with E-state index in [-0.39, 0.29) is 5.91 Å². The molecule has 1 unspecified atom stereocenters. The highest BCUT2D eigenvalue weighted by molar-refractivity contribution is 7.71. The number of hydrogen-bond donors (Lipinski definition) is 1. The highest BCUT2D eigenvalue weighted by Gasteiger charge is 2.27. The van der Waals surface area contributed by atoms with E-state index < -0.39 is 6.04 Å². The Hall–Kier alpha value is -2.04. The van der Waals surface area contributed by atoms with Gasteiger partial charge in [0.2, 0.25) is 5.91 Å². The van der Waals surface area contributed by atoms with Crippen molar-refractivity contribution in [2.24, 2.45) is 0 Å². The Morgan fingerprint density at radius 2 is 2.15 bits per heavy atom. The summed E-state index contributed by atoms with van der Waals surface area (Å²) in [6.45, 7) is 5.03. The standard InChI is InChI=1S/C17H20N6OS3/c1-12(23-14(19-20-16(23)25)13-4-2-10-26-13)15(24)21-6-3-7-22(9-8-21)17-18-5-11-27-17/h2,4-5,10-12H,3,6-9H2,1H3,(H,20,25). The van der Waals surface area contributed by atoms with Crippen molar-refractivity contribution < 1.29 is 4.79 Å². The molecule has 1 aliphatic rings. The molecule has 1 saturated heterocycles. The number of nitrogens with zero attached hydrogens (tertiary/aromatic N) is 5. The zero-order valence-electron chi connectivity index (χ0n) is 14.9. The van der Waals surface area contributed by atoms with Gasteiger partial charge in [-0.05, 0) is 37.0 Å². The normalized spacial score (nSPS) is 16.3. The van der Waals surface area contributed by atoms with Crippen LogP contribution in [0.25, 0.3) is 10.7 Å². The number of aromatic amines is 1. The number of thiophene rings is 1. The Morgan fingerprint density at radius 1 is 1.26 bits per heavy atom. The first-order valence-corrected chi connectivity index (χ1v) is 11.0. The lowest BCUT2D eigenvalue weighted by Crippen LogP contribution is -2.39. The van der Waals surface area contributed by atoms with E-state index in [4.69, 9.17) is 12.2 Å². The molecule has 1 N–H and O–H groups in total. The summed E-state index contributed by atoms with van der Waals surface area (Å²) < 4.78 is 2.30. The van der Waals surface area contributed by atoms with Crippen molar-refractivity contribution >= 4 is 45.9 Å². The van der Waals surface area contributed by atoms with E-state index in [1.54, 1.807) is 22.7 Å². The van der Waals surface area contributed by atoms with Crippen LogP contribution in [0.1, 0.15) is 19.4 Å². The number of rotatable bonds is 4. The number of thiazole rings is 1. The molecule has 1 aliphatic heterocycles. The fourth-order valence-corrected chi connectivity index (χ4v) is 5.02. The molecule has 0 spiro atoms. The third-order valence-corrected chi connectivity index (χ3v) is 6.67. The van der Waals surface area contributed by atoms with E-state index in [0.717, 1.165) is 41.9 Å². The van der Waals surface area contributed by atoms with Gasteiger partial charge in [0.1, 0.15) is 6.04 Å². The molecule has 1 amide bonds. The van der Waals surface area contributed by atoms with Gasteiger partial charge in [-0.1, -0.05) is 6.07 Å². The fraction of sp³-hybridized carbons (Fsp3) is 0.412. The van der Waals surface area contributed by atoms with Gasteiger partial charge in [-0.3, -0.25) is 14.5 Å². The van der Waals surface area contributed by atoms with Crippen molar-refractivity contribution in [3.05, 3.63) is 33.9 Å². The molecule has 4 rings (SSSR count). The minimum Gasteiger partial charge on any atom is -0.346 e. The van der Waals surface area contributed by atoms with Crippen molar-refractivity contribution in [3.63, 3.8) is 0 Å². The number of hydrogen-bond acceptors (Lipinski definition) is 7. The zero-order chi connectivity index (χ0) is 18.8. The van der Waals surface area contributed by atoms with Gasteiger partial charge in [0.05, 0.1) is 4.88 Å². The maximum Gasteiger partial charge on any atom is 0.245 e. The summed E-state index contributed by atoms with van der Waals surface area (Å²) >= 11 is 8.63. The van der Waals surface area contributed by atoms with Crippen LogP contribution in [0.15, 0.2) is 29.1 Å². The minimum atomic E-state index is -0.403. The molecule has 0 aliphatic carbocycles. The van der Waals surface area contributed by atoms with Crippen LogP contribution in [0.3, 0.4) is 0 Å². The number of H-pyrrole nitrogens is 1. The predicted molar refractivity (Wildman–Crippen MR) is 111 cm³/mol. The first-order valence-electron chi connectivity index (χ1n) is 8.79. The monoisotopic (exact) mass is 420 g/mol. The van der Waals surface area contributed by atoms with Gasteiger partial charge >= 0.3 is 0 Å². The largest absolute Gasteiger partial charge is 0.346 e. The lowest BCUT2D eigenvalue weighted by atomic mass is 10.2. The highest BCUT2D eigenvalue weighted by atomic mass is 32.1. The molecule has 0 bridgehead atoms. The molecule has 27 heavy (non-hydrogen) atoms. The van der Waals surface area contributed by atoms with Crippen molar-refractivity contribution in [2.45, 2.75) is 19.4 Å². The Morgan fingerprint density at radius 3 is 2.89 bits per heavy atom. The highest BCUT2D eigenvalue weighted by Crippen LogP contribution is 2.27. The second-order valence-corrected chi connectivity index (χ2v) is 8.56. The molecule has 1 fully saturated rings. The van der Waals surface area contributed by atoms with Gasteiger partial charge in [-0.15, -0.1) is 22.7 Å². The number of aromatic nitrogens is 4. The van der Waals surface area contributed by atoms with Crippen LogP contribution in [-0.4, -0.2) is 56.7 Å². The first kappa shape index (κ1) is 18.3. The zero-order valence-corrected chi connectivity index (χ0v) is 17.3. The van der Waals surface area contributed by atoms with Crippen LogP contribution >= 0.6 is 34.9 Å². The van der Waals surface area contributed by atoms with E-state index in [1.807, 2.05) is 45.5 Å². The topological polar surface area (TPSA) is 70.1 Å². The number of anilines is 1. The van der Waals surface area contributed by atoms with Crippen LogP contribution in [-0.2, 0) is 4.79 Å². The number of nitrogens with one attached hydrogen (secondary N) is 1. The summed E-state index contributed by atoms with van der Waals surface area (Å²) in [6.07, 6.45) is 2.75. The van der Waals surface area contributed by atoms with Crippen LogP contribution in [0.2, 0.25) is 0 Å². The quantitative estimate of drug-likeness (QED) is 0.655. The second-order valence-electron chi connectivity index (χ2n) is 6.36. The van der Waals surface area contributed by atoms with Crippen molar-refractivity contribution in [2.75, 3.05) is 31.1 Å². The van der Waals surface area contributed by atoms with Crippen molar-refractivity contribution in [1.82, 2.24) is 24.6 Å². The van der Waals surface area contributed by atoms with Gasteiger partial charge in [-0.25, -0.2) is 4.98 Å². The van der Waals surface area contributed by atoms with Gasteiger partial charge in [0.15, 0.2) is 15.7 Å². The van der Waals surface area contributed by atoms with Gasteiger partial charge in [0.25, 0.3) is 0 Å². The molecule has 10 heteroatoms. The molecule has 4 heterocycles. The lowest BCUT2D eigenvalue weighted by molar-refractivity contribution is -0.134. The molecular weight excluding hydrogens is 400 g/mol. The third kappa shape index (κ3) is 3.69. The third-order valence-electron chi connectivity index (χ3n) is 4.69. The SMILES string of the molecule is CC(C(=O)N1CCCN(c2nccs2)CC1)n1c(-c2cccs2)n[nH]c1=S. The van der Waals surface area contributed by atoms with Crippen LogP contribution < -0.4 is 4.90 Å². The first-order chi connectivity index (χ1) is 13.1. The molecule has 1 atom stereocenters. The Bertz CT molecular complexity index is 946. The van der Waals surface area contributed by atoms with Crippen molar-refractivity contribution in [1.29, 1.82) is 0 Å². The predicted octanol–water partition coefficient (Wildman–Crippen LogP) is 3.43. The molecule has 0 saturated carbocycles. The van der Waals surface area contributed by atoms with Crippen molar-refractivity contribution in [3.8, 4) is 10.7 Å². The molecule has 0 radical (unpaired) electrons. The molecule has 3 aromatic rings. The average molecular weight is 421 g/mol. The summed E-state index contributed by atoms with van der Waals surface area (Å²) in [5.74, 6) is 0.793. The van der Waals surface area contributed by atoms with Crippen LogP contribution in [0.4, 0.5) is 5.13 Å². The molecule has 3 aromatic heterocycles. The Balaban J connectivity index is 1.52. The molecule has 142 valence electrons. The number of carbonyl (C=O) groups excluding carboxylic acids is 1. The Kier molecular flexibility index (Phi) is 5.37. The van der Waals surface area contributed by atoms with Gasteiger partial charge in [-0.2, -0.15) is 5.10 Å². The molecule has 7 nitrogen and oxygen atoms in total. The lowest BCUT2D eigenvalue weighted by Gasteiger charge is -2.25. The van der Waals surface area contributed by atoms with E-state index >= 15 is 0 Å². The minimum absolute atomic E-state index is 0.0753.